The zero-order valence-electron chi connectivity index (χ0n) is 15.5. The van der Waals surface area contributed by atoms with Gasteiger partial charge in [-0.25, -0.2) is 0 Å². The molecule has 26 heavy (non-hydrogen) atoms. The van der Waals surface area contributed by atoms with Crippen molar-refractivity contribution >= 4 is 17.5 Å². The van der Waals surface area contributed by atoms with Crippen molar-refractivity contribution in [2.45, 2.75) is 39.7 Å². The largest absolute Gasteiger partial charge is 0.327 e. The molecule has 5 heteroatoms. The van der Waals surface area contributed by atoms with Crippen LogP contribution in [0.25, 0.3) is 0 Å². The fourth-order valence-corrected chi connectivity index (χ4v) is 3.43. The van der Waals surface area contributed by atoms with E-state index in [4.69, 9.17) is 0 Å². The molecule has 1 aliphatic rings. The fourth-order valence-electron chi connectivity index (χ4n) is 3.43. The SMILES string of the molecule is Cc1cc(NC(=O)C(=O)N2C[C@@H](C)CC[C@@H]2c2ccccc2)cnc1C. The summed E-state index contributed by atoms with van der Waals surface area (Å²) in [7, 11) is 0. The second-order valence-corrected chi connectivity index (χ2v) is 7.15. The van der Waals surface area contributed by atoms with Crippen molar-refractivity contribution < 1.29 is 9.59 Å². The van der Waals surface area contributed by atoms with Gasteiger partial charge in [0.1, 0.15) is 0 Å². The molecule has 2 aromatic rings. The van der Waals surface area contributed by atoms with Crippen molar-refractivity contribution in [1.82, 2.24) is 9.88 Å². The van der Waals surface area contributed by atoms with Crippen LogP contribution in [0.15, 0.2) is 42.6 Å². The Bertz CT molecular complexity index is 804. The third-order valence-corrected chi connectivity index (χ3v) is 5.05. The first kappa shape index (κ1) is 18.1. The van der Waals surface area contributed by atoms with Crippen molar-refractivity contribution in [2.75, 3.05) is 11.9 Å². The third-order valence-electron chi connectivity index (χ3n) is 5.05. The number of piperidine rings is 1. The lowest BCUT2D eigenvalue weighted by Crippen LogP contribution is -2.46. The highest BCUT2D eigenvalue weighted by Crippen LogP contribution is 2.33. The number of likely N-dealkylation sites (tertiary alicyclic amines) is 1. The minimum atomic E-state index is -0.606. The number of aromatic nitrogens is 1. The number of anilines is 1. The molecule has 0 spiro atoms. The molecule has 136 valence electrons. The Morgan fingerprint density at radius 2 is 1.88 bits per heavy atom. The molecule has 0 unspecified atom stereocenters. The Morgan fingerprint density at radius 1 is 1.15 bits per heavy atom. The molecule has 2 atom stereocenters. The highest BCUT2D eigenvalue weighted by atomic mass is 16.2. The number of nitrogens with zero attached hydrogens (tertiary/aromatic N) is 2. The van der Waals surface area contributed by atoms with E-state index in [0.717, 1.165) is 29.7 Å². The standard InChI is InChI=1S/C21H25N3O2/c1-14-9-10-19(17-7-5-4-6-8-17)24(13-14)21(26)20(25)23-18-11-15(2)16(3)22-12-18/h4-8,11-12,14,19H,9-10,13H2,1-3H3,(H,23,25)/t14-,19+/m0/s1. The number of hydrogen-bond acceptors (Lipinski definition) is 3. The maximum atomic E-state index is 12.9. The number of rotatable bonds is 2. The first-order chi connectivity index (χ1) is 12.5. The molecule has 1 aliphatic heterocycles. The van der Waals surface area contributed by atoms with Gasteiger partial charge in [-0.2, -0.15) is 0 Å². The molecule has 2 amide bonds. The van der Waals surface area contributed by atoms with E-state index in [1.54, 1.807) is 11.1 Å². The Kier molecular flexibility index (Phi) is 5.35. The Labute approximate surface area is 154 Å². The predicted molar refractivity (Wildman–Crippen MR) is 102 cm³/mol. The fraction of sp³-hybridized carbons (Fsp3) is 0.381. The van der Waals surface area contributed by atoms with E-state index in [9.17, 15) is 9.59 Å². The van der Waals surface area contributed by atoms with Gasteiger partial charge in [0.2, 0.25) is 0 Å². The van der Waals surface area contributed by atoms with Crippen LogP contribution < -0.4 is 5.32 Å². The summed E-state index contributed by atoms with van der Waals surface area (Å²) in [5.74, 6) is -0.705. The van der Waals surface area contributed by atoms with Crippen LogP contribution in [0.2, 0.25) is 0 Å². The first-order valence-electron chi connectivity index (χ1n) is 9.06. The summed E-state index contributed by atoms with van der Waals surface area (Å²) in [5.41, 5.74) is 3.51. The van der Waals surface area contributed by atoms with Gasteiger partial charge in [-0.15, -0.1) is 0 Å². The quantitative estimate of drug-likeness (QED) is 0.840. The summed E-state index contributed by atoms with van der Waals surface area (Å²) < 4.78 is 0. The molecule has 2 heterocycles. The van der Waals surface area contributed by atoms with Gasteiger partial charge in [0, 0.05) is 12.2 Å². The molecule has 1 fully saturated rings. The van der Waals surface area contributed by atoms with Gasteiger partial charge in [0.25, 0.3) is 0 Å². The summed E-state index contributed by atoms with van der Waals surface area (Å²) >= 11 is 0. The number of carbonyl (C=O) groups is 2. The van der Waals surface area contributed by atoms with E-state index in [0.29, 0.717) is 18.2 Å². The molecule has 1 aromatic heterocycles. The zero-order chi connectivity index (χ0) is 18.7. The summed E-state index contributed by atoms with van der Waals surface area (Å²) in [6.07, 6.45) is 3.50. The van der Waals surface area contributed by atoms with E-state index in [-0.39, 0.29) is 6.04 Å². The van der Waals surface area contributed by atoms with Gasteiger partial charge in [0.05, 0.1) is 17.9 Å². The van der Waals surface area contributed by atoms with Crippen LogP contribution in [-0.4, -0.2) is 28.2 Å². The molecule has 1 aromatic carbocycles. The summed E-state index contributed by atoms with van der Waals surface area (Å²) in [4.78, 5) is 31.4. The lowest BCUT2D eigenvalue weighted by Gasteiger charge is -2.38. The maximum absolute atomic E-state index is 12.9. The molecule has 1 saturated heterocycles. The Morgan fingerprint density at radius 3 is 2.58 bits per heavy atom. The van der Waals surface area contributed by atoms with Crippen LogP contribution in [0.1, 0.15) is 42.6 Å². The van der Waals surface area contributed by atoms with E-state index in [1.807, 2.05) is 50.2 Å². The molecule has 3 rings (SSSR count). The van der Waals surface area contributed by atoms with Crippen LogP contribution in [0.4, 0.5) is 5.69 Å². The number of benzene rings is 1. The second kappa shape index (κ2) is 7.68. The van der Waals surface area contributed by atoms with E-state index in [1.165, 1.54) is 0 Å². The monoisotopic (exact) mass is 351 g/mol. The Balaban J connectivity index is 1.78. The normalized spacial score (nSPS) is 19.9. The van der Waals surface area contributed by atoms with Crippen molar-refractivity contribution in [1.29, 1.82) is 0 Å². The predicted octanol–water partition coefficient (Wildman–Crippen LogP) is 3.64. The molecule has 0 radical (unpaired) electrons. The highest BCUT2D eigenvalue weighted by Gasteiger charge is 2.34. The number of amides is 2. The molecule has 0 bridgehead atoms. The topological polar surface area (TPSA) is 62.3 Å². The highest BCUT2D eigenvalue weighted by molar-refractivity contribution is 6.39. The smallest absolute Gasteiger partial charge is 0.313 e. The number of carbonyl (C=O) groups excluding carboxylic acids is 2. The van der Waals surface area contributed by atoms with Crippen LogP contribution in [0.5, 0.6) is 0 Å². The lowest BCUT2D eigenvalue weighted by molar-refractivity contribution is -0.146. The Hall–Kier alpha value is -2.69. The van der Waals surface area contributed by atoms with Gasteiger partial charge in [-0.05, 0) is 49.8 Å². The number of aryl methyl sites for hydroxylation is 2. The molecule has 1 N–H and O–H groups in total. The van der Waals surface area contributed by atoms with Crippen molar-refractivity contribution in [3.8, 4) is 0 Å². The van der Waals surface area contributed by atoms with Crippen molar-refractivity contribution in [2.24, 2.45) is 5.92 Å². The minimum Gasteiger partial charge on any atom is -0.327 e. The molecular weight excluding hydrogens is 326 g/mol. The molecule has 0 aliphatic carbocycles. The van der Waals surface area contributed by atoms with E-state index < -0.39 is 11.8 Å². The summed E-state index contributed by atoms with van der Waals surface area (Å²) in [6.45, 7) is 6.55. The van der Waals surface area contributed by atoms with Crippen LogP contribution in [0.3, 0.4) is 0 Å². The number of nitrogens with one attached hydrogen (secondary N) is 1. The first-order valence-corrected chi connectivity index (χ1v) is 9.06. The van der Waals surface area contributed by atoms with Gasteiger partial charge < -0.3 is 10.2 Å². The van der Waals surface area contributed by atoms with E-state index >= 15 is 0 Å². The van der Waals surface area contributed by atoms with Crippen LogP contribution in [0, 0.1) is 19.8 Å². The zero-order valence-corrected chi connectivity index (χ0v) is 15.5. The average Bonchev–Trinajstić information content (AvgIpc) is 2.64. The summed E-state index contributed by atoms with van der Waals surface area (Å²) in [5, 5.41) is 2.70. The third kappa shape index (κ3) is 3.93. The lowest BCUT2D eigenvalue weighted by atomic mass is 9.90. The van der Waals surface area contributed by atoms with Crippen molar-refractivity contribution in [3.63, 3.8) is 0 Å². The van der Waals surface area contributed by atoms with Crippen molar-refractivity contribution in [3.05, 3.63) is 59.4 Å². The molecule has 0 saturated carbocycles. The van der Waals surface area contributed by atoms with E-state index in [2.05, 4.69) is 17.2 Å². The molecular formula is C21H25N3O2. The number of hydrogen-bond donors (Lipinski definition) is 1. The van der Waals surface area contributed by atoms with Gasteiger partial charge in [-0.1, -0.05) is 37.3 Å². The van der Waals surface area contributed by atoms with Gasteiger partial charge in [0.15, 0.2) is 0 Å². The maximum Gasteiger partial charge on any atom is 0.313 e. The van der Waals surface area contributed by atoms with Gasteiger partial charge >= 0.3 is 11.8 Å². The average molecular weight is 351 g/mol. The second-order valence-electron chi connectivity index (χ2n) is 7.15. The molecule has 5 nitrogen and oxygen atoms in total. The minimum absolute atomic E-state index is 0.0523. The van der Waals surface area contributed by atoms with Crippen LogP contribution >= 0.6 is 0 Å². The number of pyridine rings is 1. The summed E-state index contributed by atoms with van der Waals surface area (Å²) in [6, 6.07) is 11.7. The van der Waals surface area contributed by atoms with Crippen LogP contribution in [-0.2, 0) is 9.59 Å². The van der Waals surface area contributed by atoms with Gasteiger partial charge in [-0.3, -0.25) is 14.6 Å².